The second-order valence-electron chi connectivity index (χ2n) is 3.28. The summed E-state index contributed by atoms with van der Waals surface area (Å²) in [4.78, 5) is 24.4. The number of hydrogen-bond acceptors (Lipinski definition) is 2. The number of aromatic nitrogens is 1. The number of rotatable bonds is 2. The molecule has 0 radical (unpaired) electrons. The van der Waals surface area contributed by atoms with Crippen LogP contribution in [0.25, 0.3) is 11.1 Å². The van der Waals surface area contributed by atoms with Gasteiger partial charge in [0.15, 0.2) is 6.29 Å². The number of aromatic amines is 1. The quantitative estimate of drug-likeness (QED) is 0.782. The molecule has 0 saturated heterocycles. The molecule has 0 unspecified atom stereocenters. The van der Waals surface area contributed by atoms with Crippen molar-refractivity contribution in [2.75, 3.05) is 0 Å². The van der Waals surface area contributed by atoms with Crippen LogP contribution in [0.2, 0.25) is 0 Å². The van der Waals surface area contributed by atoms with Gasteiger partial charge in [0.25, 0.3) is 5.56 Å². The van der Waals surface area contributed by atoms with Crippen LogP contribution in [0.3, 0.4) is 0 Å². The average molecular weight is 217 g/mol. The molecule has 16 heavy (non-hydrogen) atoms. The van der Waals surface area contributed by atoms with E-state index in [0.717, 1.165) is 0 Å². The van der Waals surface area contributed by atoms with E-state index in [1.165, 1.54) is 36.4 Å². The molecule has 3 nitrogen and oxygen atoms in total. The maximum atomic E-state index is 12.7. The lowest BCUT2D eigenvalue weighted by Crippen LogP contribution is -2.10. The van der Waals surface area contributed by atoms with Crippen molar-refractivity contribution in [3.63, 3.8) is 0 Å². The minimum atomic E-state index is -0.365. The van der Waals surface area contributed by atoms with Crippen molar-refractivity contribution in [1.29, 1.82) is 0 Å². The van der Waals surface area contributed by atoms with Crippen LogP contribution in [0.4, 0.5) is 4.39 Å². The SMILES string of the molecule is O=Cc1ccc(-c2ccc(F)cc2)c(=O)[nH]1. The number of halogens is 1. The monoisotopic (exact) mass is 217 g/mol. The van der Waals surface area contributed by atoms with Gasteiger partial charge in [0.1, 0.15) is 5.82 Å². The topological polar surface area (TPSA) is 49.9 Å². The van der Waals surface area contributed by atoms with E-state index in [-0.39, 0.29) is 17.1 Å². The third-order valence-electron chi connectivity index (χ3n) is 2.21. The third-order valence-corrected chi connectivity index (χ3v) is 2.21. The zero-order valence-electron chi connectivity index (χ0n) is 8.24. The van der Waals surface area contributed by atoms with Crippen molar-refractivity contribution in [3.05, 3.63) is 58.3 Å². The Morgan fingerprint density at radius 2 is 1.75 bits per heavy atom. The Kier molecular flexibility index (Phi) is 2.64. The number of carbonyl (C=O) groups excluding carboxylic acids is 1. The van der Waals surface area contributed by atoms with Gasteiger partial charge in [-0.15, -0.1) is 0 Å². The van der Waals surface area contributed by atoms with E-state index < -0.39 is 0 Å². The van der Waals surface area contributed by atoms with Gasteiger partial charge in [-0.05, 0) is 29.8 Å². The van der Waals surface area contributed by atoms with Gasteiger partial charge in [-0.25, -0.2) is 4.39 Å². The molecular weight excluding hydrogens is 209 g/mol. The van der Waals surface area contributed by atoms with Crippen molar-refractivity contribution in [2.24, 2.45) is 0 Å². The summed E-state index contributed by atoms with van der Waals surface area (Å²) in [6, 6.07) is 8.63. The number of aldehydes is 1. The highest BCUT2D eigenvalue weighted by atomic mass is 19.1. The number of benzene rings is 1. The smallest absolute Gasteiger partial charge is 0.256 e. The highest BCUT2D eigenvalue weighted by Gasteiger charge is 2.03. The number of nitrogens with one attached hydrogen (secondary N) is 1. The van der Waals surface area contributed by atoms with Crippen molar-refractivity contribution in [2.45, 2.75) is 0 Å². The lowest BCUT2D eigenvalue weighted by molar-refractivity contribution is 0.111. The predicted octanol–water partition coefficient (Wildman–Crippen LogP) is 1.99. The van der Waals surface area contributed by atoms with E-state index in [4.69, 9.17) is 0 Å². The second-order valence-corrected chi connectivity index (χ2v) is 3.28. The van der Waals surface area contributed by atoms with Crippen LogP contribution in [0.15, 0.2) is 41.2 Å². The van der Waals surface area contributed by atoms with Crippen LogP contribution in [0.5, 0.6) is 0 Å². The number of H-pyrrole nitrogens is 1. The molecule has 2 rings (SSSR count). The molecule has 0 bridgehead atoms. The summed E-state index contributed by atoms with van der Waals surface area (Å²) in [5, 5.41) is 0. The lowest BCUT2D eigenvalue weighted by Gasteiger charge is -2.00. The highest BCUT2D eigenvalue weighted by Crippen LogP contribution is 2.15. The predicted molar refractivity (Wildman–Crippen MR) is 57.8 cm³/mol. The van der Waals surface area contributed by atoms with Crippen LogP contribution in [0, 0.1) is 5.82 Å². The molecule has 0 aliphatic rings. The van der Waals surface area contributed by atoms with Gasteiger partial charge in [0.2, 0.25) is 0 Å². The molecule has 1 aromatic carbocycles. The molecule has 1 heterocycles. The van der Waals surface area contributed by atoms with Crippen molar-refractivity contribution < 1.29 is 9.18 Å². The molecule has 1 N–H and O–H groups in total. The summed E-state index contributed by atoms with van der Waals surface area (Å²) in [5.41, 5.74) is 0.873. The van der Waals surface area contributed by atoms with E-state index >= 15 is 0 Å². The Hall–Kier alpha value is -2.23. The minimum Gasteiger partial charge on any atom is -0.319 e. The fraction of sp³-hybridized carbons (Fsp3) is 0. The lowest BCUT2D eigenvalue weighted by atomic mass is 10.1. The molecule has 80 valence electrons. The van der Waals surface area contributed by atoms with Crippen LogP contribution >= 0.6 is 0 Å². The Labute approximate surface area is 90.6 Å². The summed E-state index contributed by atoms with van der Waals surface area (Å²) in [7, 11) is 0. The third kappa shape index (κ3) is 1.91. The van der Waals surface area contributed by atoms with E-state index in [2.05, 4.69) is 4.98 Å². The molecule has 0 atom stereocenters. The molecular formula is C12H8FNO2. The molecule has 0 amide bonds. The number of carbonyl (C=O) groups is 1. The van der Waals surface area contributed by atoms with Crippen LogP contribution in [-0.2, 0) is 0 Å². The first kappa shape index (κ1) is 10.3. The maximum absolute atomic E-state index is 12.7. The normalized spacial score (nSPS) is 10.1. The van der Waals surface area contributed by atoms with Gasteiger partial charge in [-0.3, -0.25) is 9.59 Å². The molecule has 0 spiro atoms. The van der Waals surface area contributed by atoms with Gasteiger partial charge < -0.3 is 4.98 Å². The molecule has 1 aromatic heterocycles. The van der Waals surface area contributed by atoms with E-state index in [9.17, 15) is 14.0 Å². The fourth-order valence-electron chi connectivity index (χ4n) is 1.41. The number of pyridine rings is 1. The zero-order chi connectivity index (χ0) is 11.5. The number of hydrogen-bond donors (Lipinski definition) is 1. The van der Waals surface area contributed by atoms with Gasteiger partial charge in [-0.2, -0.15) is 0 Å². The van der Waals surface area contributed by atoms with E-state index in [0.29, 0.717) is 17.4 Å². The first-order chi connectivity index (χ1) is 7.70. The van der Waals surface area contributed by atoms with Crippen molar-refractivity contribution >= 4 is 6.29 Å². The summed E-state index contributed by atoms with van der Waals surface area (Å²) >= 11 is 0. The average Bonchev–Trinajstić information content (AvgIpc) is 2.30. The highest BCUT2D eigenvalue weighted by molar-refractivity contribution is 5.73. The van der Waals surface area contributed by atoms with Gasteiger partial charge in [0, 0.05) is 5.56 Å². The molecule has 0 aliphatic heterocycles. The maximum Gasteiger partial charge on any atom is 0.256 e. The molecule has 2 aromatic rings. The Balaban J connectivity index is 2.52. The first-order valence-electron chi connectivity index (χ1n) is 4.65. The van der Waals surface area contributed by atoms with Crippen LogP contribution < -0.4 is 5.56 Å². The molecule has 0 aliphatic carbocycles. The summed E-state index contributed by atoms with van der Waals surface area (Å²) in [5.74, 6) is -0.357. The van der Waals surface area contributed by atoms with Gasteiger partial charge in [-0.1, -0.05) is 12.1 Å². The van der Waals surface area contributed by atoms with Crippen LogP contribution in [-0.4, -0.2) is 11.3 Å². The molecule has 4 heteroatoms. The van der Waals surface area contributed by atoms with E-state index in [1.807, 2.05) is 0 Å². The standard InChI is InChI=1S/C12H8FNO2/c13-9-3-1-8(2-4-9)11-6-5-10(7-15)14-12(11)16/h1-7H,(H,14,16). The van der Waals surface area contributed by atoms with Crippen molar-refractivity contribution in [3.8, 4) is 11.1 Å². The van der Waals surface area contributed by atoms with Gasteiger partial charge >= 0.3 is 0 Å². The van der Waals surface area contributed by atoms with Gasteiger partial charge in [0.05, 0.1) is 5.69 Å². The Morgan fingerprint density at radius 1 is 1.06 bits per heavy atom. The Morgan fingerprint density at radius 3 is 2.31 bits per heavy atom. The zero-order valence-corrected chi connectivity index (χ0v) is 8.24. The minimum absolute atomic E-state index is 0.218. The van der Waals surface area contributed by atoms with Crippen LogP contribution in [0.1, 0.15) is 10.5 Å². The molecule has 0 fully saturated rings. The second kappa shape index (κ2) is 4.10. The van der Waals surface area contributed by atoms with E-state index in [1.54, 1.807) is 0 Å². The van der Waals surface area contributed by atoms with Crippen molar-refractivity contribution in [1.82, 2.24) is 4.98 Å². The largest absolute Gasteiger partial charge is 0.319 e. The Bertz CT molecular complexity index is 572. The fourth-order valence-corrected chi connectivity index (χ4v) is 1.41. The summed E-state index contributed by atoms with van der Waals surface area (Å²) in [6.45, 7) is 0. The summed E-state index contributed by atoms with van der Waals surface area (Å²) < 4.78 is 12.7. The molecule has 0 saturated carbocycles. The summed E-state index contributed by atoms with van der Waals surface area (Å²) in [6.07, 6.45) is 0.565. The first-order valence-corrected chi connectivity index (χ1v) is 4.65.